The zero-order chi connectivity index (χ0) is 15.7. The molecular weight excluding hydrogens is 280 g/mol. The van der Waals surface area contributed by atoms with Gasteiger partial charge >= 0.3 is 0 Å². The summed E-state index contributed by atoms with van der Waals surface area (Å²) < 4.78 is 5.83. The second-order valence-corrected chi connectivity index (χ2v) is 5.24. The zero-order valence-corrected chi connectivity index (χ0v) is 12.1. The third-order valence-corrected chi connectivity index (χ3v) is 3.20. The SMILES string of the molecule is CC1(C)N=C(N2CC=NC2=NC#N)c2cc(C#N)ccc2O1. The van der Waals surface area contributed by atoms with Crippen molar-refractivity contribution in [2.75, 3.05) is 6.54 Å². The van der Waals surface area contributed by atoms with Gasteiger partial charge in [-0.15, -0.1) is 4.99 Å². The second-order valence-electron chi connectivity index (χ2n) is 5.24. The Morgan fingerprint density at radius 3 is 2.91 bits per heavy atom. The van der Waals surface area contributed by atoms with E-state index in [9.17, 15) is 0 Å². The van der Waals surface area contributed by atoms with E-state index >= 15 is 0 Å². The molecule has 7 nitrogen and oxygen atoms in total. The maximum atomic E-state index is 9.09. The van der Waals surface area contributed by atoms with Gasteiger partial charge in [0, 0.05) is 6.21 Å². The highest BCUT2D eigenvalue weighted by Crippen LogP contribution is 2.32. The van der Waals surface area contributed by atoms with Gasteiger partial charge in [0.25, 0.3) is 0 Å². The Morgan fingerprint density at radius 1 is 1.36 bits per heavy atom. The summed E-state index contributed by atoms with van der Waals surface area (Å²) in [6, 6.07) is 7.27. The molecule has 0 aromatic heterocycles. The molecule has 0 amide bonds. The molecule has 3 rings (SSSR count). The second kappa shape index (κ2) is 4.97. The lowest BCUT2D eigenvalue weighted by Gasteiger charge is -2.33. The molecule has 0 bridgehead atoms. The summed E-state index contributed by atoms with van der Waals surface area (Å²) in [7, 11) is 0. The van der Waals surface area contributed by atoms with Crippen LogP contribution in [-0.4, -0.2) is 35.2 Å². The fraction of sp³-hybridized carbons (Fsp3) is 0.267. The molecular formula is C15H12N6O. The van der Waals surface area contributed by atoms with E-state index in [4.69, 9.17) is 15.3 Å². The summed E-state index contributed by atoms with van der Waals surface area (Å²) in [5, 5.41) is 17.9. The number of nitrogens with zero attached hydrogens (tertiary/aromatic N) is 6. The number of benzene rings is 1. The van der Waals surface area contributed by atoms with Crippen molar-refractivity contribution in [3.63, 3.8) is 0 Å². The molecule has 0 unspecified atom stereocenters. The van der Waals surface area contributed by atoms with Gasteiger partial charge in [-0.05, 0) is 32.0 Å². The van der Waals surface area contributed by atoms with E-state index < -0.39 is 5.72 Å². The normalized spacial score (nSPS) is 19.9. The maximum absolute atomic E-state index is 9.09. The number of aliphatic imine (C=N–C) groups is 3. The largest absolute Gasteiger partial charge is 0.466 e. The van der Waals surface area contributed by atoms with Crippen molar-refractivity contribution in [1.29, 1.82) is 10.5 Å². The lowest BCUT2D eigenvalue weighted by molar-refractivity contribution is 0.113. The predicted molar refractivity (Wildman–Crippen MR) is 80.6 cm³/mol. The summed E-state index contributed by atoms with van der Waals surface area (Å²) in [5.41, 5.74) is 0.444. The highest BCUT2D eigenvalue weighted by molar-refractivity contribution is 6.15. The molecule has 0 aliphatic carbocycles. The van der Waals surface area contributed by atoms with Crippen LogP contribution in [-0.2, 0) is 0 Å². The van der Waals surface area contributed by atoms with Crippen molar-refractivity contribution >= 4 is 18.0 Å². The summed E-state index contributed by atoms with van der Waals surface area (Å²) in [6.45, 7) is 4.14. The van der Waals surface area contributed by atoms with Gasteiger partial charge in [-0.2, -0.15) is 10.5 Å². The highest BCUT2D eigenvalue weighted by Gasteiger charge is 2.33. The Kier molecular flexibility index (Phi) is 3.11. The van der Waals surface area contributed by atoms with E-state index in [0.29, 0.717) is 29.3 Å². The maximum Gasteiger partial charge on any atom is 0.241 e. The Balaban J connectivity index is 2.14. The topological polar surface area (TPSA) is 97.1 Å². The lowest BCUT2D eigenvalue weighted by atomic mass is 10.1. The van der Waals surface area contributed by atoms with E-state index in [1.165, 1.54) is 0 Å². The van der Waals surface area contributed by atoms with E-state index in [1.54, 1.807) is 35.5 Å². The molecule has 2 aliphatic rings. The van der Waals surface area contributed by atoms with Crippen LogP contribution in [0.2, 0.25) is 0 Å². The van der Waals surface area contributed by atoms with E-state index in [0.717, 1.165) is 0 Å². The number of guanidine groups is 1. The van der Waals surface area contributed by atoms with Gasteiger partial charge in [0.2, 0.25) is 12.2 Å². The molecule has 2 heterocycles. The first-order valence-electron chi connectivity index (χ1n) is 6.64. The first-order valence-corrected chi connectivity index (χ1v) is 6.64. The van der Waals surface area contributed by atoms with Crippen LogP contribution in [0.1, 0.15) is 25.0 Å². The van der Waals surface area contributed by atoms with Gasteiger partial charge in [0.1, 0.15) is 11.6 Å². The summed E-state index contributed by atoms with van der Waals surface area (Å²) in [5.74, 6) is 1.51. The first-order chi connectivity index (χ1) is 10.5. The number of amidine groups is 1. The Bertz CT molecular complexity index is 806. The quantitative estimate of drug-likeness (QED) is 0.679. The number of fused-ring (bicyclic) bond motifs is 1. The molecule has 108 valence electrons. The smallest absolute Gasteiger partial charge is 0.241 e. The molecule has 0 saturated carbocycles. The van der Waals surface area contributed by atoms with Gasteiger partial charge in [-0.1, -0.05) is 0 Å². The number of hydrogen-bond acceptors (Lipinski definition) is 5. The molecule has 1 aromatic rings. The van der Waals surface area contributed by atoms with E-state index in [-0.39, 0.29) is 5.96 Å². The van der Waals surface area contributed by atoms with Gasteiger partial charge in [-0.3, -0.25) is 4.90 Å². The van der Waals surface area contributed by atoms with Gasteiger partial charge in [0.05, 0.1) is 23.7 Å². The minimum Gasteiger partial charge on any atom is -0.466 e. The van der Waals surface area contributed by atoms with Crippen LogP contribution in [0.5, 0.6) is 5.75 Å². The average Bonchev–Trinajstić information content (AvgIpc) is 2.93. The minimum atomic E-state index is -0.753. The molecule has 1 aromatic carbocycles. The van der Waals surface area contributed by atoms with Gasteiger partial charge in [0.15, 0.2) is 5.72 Å². The summed E-state index contributed by atoms with van der Waals surface area (Å²) in [6.07, 6.45) is 3.40. The third-order valence-electron chi connectivity index (χ3n) is 3.20. The van der Waals surface area contributed by atoms with Crippen molar-refractivity contribution in [2.24, 2.45) is 15.0 Å². The van der Waals surface area contributed by atoms with Gasteiger partial charge in [-0.25, -0.2) is 9.98 Å². The first kappa shape index (κ1) is 13.8. The zero-order valence-electron chi connectivity index (χ0n) is 12.1. The Morgan fingerprint density at radius 2 is 2.18 bits per heavy atom. The number of nitriles is 2. The Labute approximate surface area is 127 Å². The lowest BCUT2D eigenvalue weighted by Crippen LogP contribution is -2.41. The number of rotatable bonds is 0. The molecule has 0 fully saturated rings. The molecule has 7 heteroatoms. The monoisotopic (exact) mass is 292 g/mol. The standard InChI is InChI=1S/C15H12N6O/c1-15(2)20-13(21-6-5-18-14(21)19-9-17)11-7-10(8-16)3-4-12(11)22-15/h3-5,7H,6H2,1-2H3. The molecule has 0 saturated heterocycles. The van der Waals surface area contributed by atoms with Crippen molar-refractivity contribution in [3.05, 3.63) is 29.3 Å². The van der Waals surface area contributed by atoms with Crippen LogP contribution < -0.4 is 4.74 Å². The van der Waals surface area contributed by atoms with Crippen LogP contribution in [0.3, 0.4) is 0 Å². The van der Waals surface area contributed by atoms with Crippen LogP contribution in [0.25, 0.3) is 0 Å². The van der Waals surface area contributed by atoms with Crippen molar-refractivity contribution in [1.82, 2.24) is 4.90 Å². The highest BCUT2D eigenvalue weighted by atomic mass is 16.5. The molecule has 22 heavy (non-hydrogen) atoms. The van der Waals surface area contributed by atoms with E-state index in [2.05, 4.69) is 21.0 Å². The average molecular weight is 292 g/mol. The number of hydrogen-bond donors (Lipinski definition) is 0. The molecule has 2 aliphatic heterocycles. The number of ether oxygens (including phenoxy) is 1. The molecule has 0 spiro atoms. The predicted octanol–water partition coefficient (Wildman–Crippen LogP) is 1.66. The Hall–Kier alpha value is -3.19. The van der Waals surface area contributed by atoms with Crippen molar-refractivity contribution in [3.8, 4) is 18.0 Å². The summed E-state index contributed by atoms with van der Waals surface area (Å²) in [4.78, 5) is 14.1. The molecule has 0 atom stereocenters. The van der Waals surface area contributed by atoms with E-state index in [1.807, 2.05) is 13.8 Å². The van der Waals surface area contributed by atoms with Crippen molar-refractivity contribution < 1.29 is 4.74 Å². The van der Waals surface area contributed by atoms with Crippen LogP contribution in [0, 0.1) is 22.8 Å². The van der Waals surface area contributed by atoms with Crippen molar-refractivity contribution in [2.45, 2.75) is 19.6 Å². The van der Waals surface area contributed by atoms with Crippen LogP contribution in [0.4, 0.5) is 0 Å². The van der Waals surface area contributed by atoms with Crippen LogP contribution in [0.15, 0.2) is 33.2 Å². The fourth-order valence-corrected chi connectivity index (χ4v) is 2.35. The fourth-order valence-electron chi connectivity index (χ4n) is 2.35. The third kappa shape index (κ3) is 2.29. The molecule has 0 radical (unpaired) electrons. The van der Waals surface area contributed by atoms with Gasteiger partial charge < -0.3 is 4.74 Å². The minimum absolute atomic E-state index is 0.285. The van der Waals surface area contributed by atoms with Crippen LogP contribution >= 0.6 is 0 Å². The summed E-state index contributed by atoms with van der Waals surface area (Å²) >= 11 is 0. The molecule has 0 N–H and O–H groups in total.